The molecule has 4 rings (SSSR count). The number of halogens is 1. The molecule has 39 heavy (non-hydrogen) atoms. The highest BCUT2D eigenvalue weighted by molar-refractivity contribution is 7.98. The van der Waals surface area contributed by atoms with Gasteiger partial charge in [0.1, 0.15) is 29.8 Å². The van der Waals surface area contributed by atoms with E-state index in [0.29, 0.717) is 28.9 Å². The molecule has 1 amide bonds. The van der Waals surface area contributed by atoms with E-state index >= 15 is 0 Å². The summed E-state index contributed by atoms with van der Waals surface area (Å²) in [5.74, 6) is -0.0896. The van der Waals surface area contributed by atoms with Crippen LogP contribution in [0.4, 0.5) is 10.1 Å². The molecule has 0 radical (unpaired) electrons. The molecule has 0 spiro atoms. The molecule has 1 aliphatic rings. The van der Waals surface area contributed by atoms with Crippen LogP contribution < -0.4 is 15.0 Å². The monoisotopic (exact) mass is 552 g/mol. The van der Waals surface area contributed by atoms with Crippen LogP contribution in [0.5, 0.6) is 5.75 Å². The molecule has 0 saturated carbocycles. The Hall–Kier alpha value is -3.66. The van der Waals surface area contributed by atoms with Gasteiger partial charge < -0.3 is 19.7 Å². The summed E-state index contributed by atoms with van der Waals surface area (Å²) >= 11 is 1.38. The molecule has 0 aliphatic carbocycles. The smallest absolute Gasteiger partial charge is 0.325 e. The average Bonchev–Trinajstić information content (AvgIpc) is 2.96. The van der Waals surface area contributed by atoms with Crippen molar-refractivity contribution in [2.45, 2.75) is 37.8 Å². The van der Waals surface area contributed by atoms with Crippen molar-refractivity contribution >= 4 is 29.3 Å². The molecule has 1 saturated heterocycles. The summed E-state index contributed by atoms with van der Waals surface area (Å²) in [6, 6.07) is 16.2. The molecule has 1 N–H and O–H groups in total. The highest BCUT2D eigenvalue weighted by Gasteiger charge is 2.25. The maximum atomic E-state index is 13.3. The third kappa shape index (κ3) is 7.92. The lowest BCUT2D eigenvalue weighted by Gasteiger charge is -2.33. The molecule has 3 aromatic rings. The van der Waals surface area contributed by atoms with Gasteiger partial charge in [-0.2, -0.15) is 0 Å². The summed E-state index contributed by atoms with van der Waals surface area (Å²) in [5.41, 5.74) is 2.06. The second-order valence-corrected chi connectivity index (χ2v) is 9.99. The van der Waals surface area contributed by atoms with Crippen LogP contribution in [0.2, 0.25) is 0 Å². The maximum Gasteiger partial charge on any atom is 0.325 e. The molecule has 2 heterocycles. The van der Waals surface area contributed by atoms with Crippen molar-refractivity contribution in [3.05, 3.63) is 77.5 Å². The first-order valence-corrected chi connectivity index (χ1v) is 14.2. The summed E-state index contributed by atoms with van der Waals surface area (Å²) in [7, 11) is 0. The Morgan fingerprint density at radius 1 is 1.08 bits per heavy atom. The maximum absolute atomic E-state index is 13.3. The molecular formula is C29H33FN4O4S. The molecule has 1 aliphatic heterocycles. The van der Waals surface area contributed by atoms with E-state index < -0.39 is 11.9 Å². The molecule has 2 aromatic carbocycles. The lowest BCUT2D eigenvalue weighted by atomic mass is 9.93. The Morgan fingerprint density at radius 2 is 1.79 bits per heavy atom. The van der Waals surface area contributed by atoms with E-state index in [2.05, 4.69) is 15.2 Å². The van der Waals surface area contributed by atoms with E-state index in [1.807, 2.05) is 36.6 Å². The Balaban J connectivity index is 1.50. The standard InChI is InChI=1S/C29H33FN4O4S/c1-3-37-25(35)18-31-28(36)26-27(38-19-21-7-5-4-6-8-21)29(39-2)33-24(32-26)17-20-13-15-34(16-14-20)23-11-9-22(30)10-12-23/h4-12,20H,3,13-19H2,1-2H3,(H,31,36). The second-order valence-electron chi connectivity index (χ2n) is 9.20. The number of nitrogens with one attached hydrogen (secondary N) is 1. The fourth-order valence-corrected chi connectivity index (χ4v) is 5.01. The van der Waals surface area contributed by atoms with Gasteiger partial charge in [0, 0.05) is 25.2 Å². The number of rotatable bonds is 11. The summed E-state index contributed by atoms with van der Waals surface area (Å²) < 4.78 is 24.3. The van der Waals surface area contributed by atoms with Gasteiger partial charge in [-0.1, -0.05) is 30.3 Å². The summed E-state index contributed by atoms with van der Waals surface area (Å²) in [6.07, 6.45) is 4.34. The van der Waals surface area contributed by atoms with Gasteiger partial charge in [0.25, 0.3) is 5.91 Å². The van der Waals surface area contributed by atoms with E-state index in [0.717, 1.165) is 37.2 Å². The van der Waals surface area contributed by atoms with Gasteiger partial charge in [0.15, 0.2) is 11.4 Å². The van der Waals surface area contributed by atoms with Gasteiger partial charge in [0.2, 0.25) is 0 Å². The first-order valence-electron chi connectivity index (χ1n) is 13.0. The quantitative estimate of drug-likeness (QED) is 0.208. The van der Waals surface area contributed by atoms with E-state index in [9.17, 15) is 14.0 Å². The largest absolute Gasteiger partial charge is 0.484 e. The van der Waals surface area contributed by atoms with Crippen molar-refractivity contribution in [2.24, 2.45) is 5.92 Å². The topological polar surface area (TPSA) is 93.6 Å². The number of hydrogen-bond acceptors (Lipinski definition) is 8. The van der Waals surface area contributed by atoms with Crippen molar-refractivity contribution in [2.75, 3.05) is 37.4 Å². The fraction of sp³-hybridized carbons (Fsp3) is 0.379. The lowest BCUT2D eigenvalue weighted by Crippen LogP contribution is -2.35. The van der Waals surface area contributed by atoms with Crippen LogP contribution in [0.15, 0.2) is 59.6 Å². The van der Waals surface area contributed by atoms with E-state index in [4.69, 9.17) is 14.5 Å². The first kappa shape index (κ1) is 28.4. The van der Waals surface area contributed by atoms with Crippen LogP contribution in [0.3, 0.4) is 0 Å². The van der Waals surface area contributed by atoms with Crippen molar-refractivity contribution in [1.29, 1.82) is 0 Å². The predicted molar refractivity (Wildman–Crippen MR) is 149 cm³/mol. The van der Waals surface area contributed by atoms with E-state index in [1.165, 1.54) is 23.9 Å². The molecule has 8 nitrogen and oxygen atoms in total. The number of amides is 1. The van der Waals surface area contributed by atoms with Crippen LogP contribution in [0.25, 0.3) is 0 Å². The Morgan fingerprint density at radius 3 is 2.46 bits per heavy atom. The Kier molecular flexibility index (Phi) is 10.1. The number of benzene rings is 2. The van der Waals surface area contributed by atoms with Gasteiger partial charge in [-0.15, -0.1) is 11.8 Å². The van der Waals surface area contributed by atoms with Crippen molar-refractivity contribution < 1.29 is 23.5 Å². The van der Waals surface area contributed by atoms with Gasteiger partial charge in [-0.25, -0.2) is 14.4 Å². The van der Waals surface area contributed by atoms with Crippen LogP contribution in [-0.4, -0.2) is 54.3 Å². The van der Waals surface area contributed by atoms with Gasteiger partial charge in [-0.3, -0.25) is 9.59 Å². The summed E-state index contributed by atoms with van der Waals surface area (Å²) in [5, 5.41) is 3.18. The minimum absolute atomic E-state index is 0.105. The molecular weight excluding hydrogens is 519 g/mol. The highest BCUT2D eigenvalue weighted by atomic mass is 32.2. The van der Waals surface area contributed by atoms with Gasteiger partial charge in [-0.05, 0) is 61.8 Å². The number of piperidine rings is 1. The molecule has 1 fully saturated rings. The molecule has 206 valence electrons. The fourth-order valence-electron chi connectivity index (χ4n) is 4.47. The molecule has 0 bridgehead atoms. The highest BCUT2D eigenvalue weighted by Crippen LogP contribution is 2.32. The summed E-state index contributed by atoms with van der Waals surface area (Å²) in [6.45, 7) is 3.61. The molecule has 0 unspecified atom stereocenters. The number of nitrogens with zero attached hydrogens (tertiary/aromatic N) is 3. The minimum Gasteiger partial charge on any atom is -0.484 e. The number of esters is 1. The number of anilines is 1. The molecule has 1 aromatic heterocycles. The lowest BCUT2D eigenvalue weighted by molar-refractivity contribution is -0.141. The van der Waals surface area contributed by atoms with Crippen LogP contribution in [0, 0.1) is 11.7 Å². The summed E-state index contributed by atoms with van der Waals surface area (Å²) in [4.78, 5) is 36.7. The molecule has 10 heteroatoms. The van der Waals surface area contributed by atoms with Crippen LogP contribution in [0.1, 0.15) is 41.6 Å². The number of carbonyl (C=O) groups excluding carboxylic acids is 2. The SMILES string of the molecule is CCOC(=O)CNC(=O)c1nc(CC2CCN(c3ccc(F)cc3)CC2)nc(SC)c1OCc1ccccc1. The van der Waals surface area contributed by atoms with Crippen molar-refractivity contribution in [3.8, 4) is 5.75 Å². The predicted octanol–water partition coefficient (Wildman–Crippen LogP) is 4.67. The van der Waals surface area contributed by atoms with Crippen LogP contribution >= 0.6 is 11.8 Å². The van der Waals surface area contributed by atoms with Gasteiger partial charge >= 0.3 is 5.97 Å². The normalized spacial score (nSPS) is 13.7. The Labute approximate surface area is 232 Å². The zero-order chi connectivity index (χ0) is 27.6. The zero-order valence-electron chi connectivity index (χ0n) is 22.2. The van der Waals surface area contributed by atoms with E-state index in [-0.39, 0.29) is 31.3 Å². The third-order valence-electron chi connectivity index (χ3n) is 6.49. The number of thioether (sulfide) groups is 1. The number of aromatic nitrogens is 2. The second kappa shape index (κ2) is 13.9. The zero-order valence-corrected chi connectivity index (χ0v) is 23.0. The minimum atomic E-state index is -0.523. The van der Waals surface area contributed by atoms with E-state index in [1.54, 1.807) is 19.1 Å². The molecule has 0 atom stereocenters. The average molecular weight is 553 g/mol. The third-order valence-corrected chi connectivity index (χ3v) is 7.15. The van der Waals surface area contributed by atoms with Crippen molar-refractivity contribution in [1.82, 2.24) is 15.3 Å². The number of carbonyl (C=O) groups is 2. The van der Waals surface area contributed by atoms with Crippen LogP contribution in [-0.2, 0) is 22.6 Å². The number of hydrogen-bond donors (Lipinski definition) is 1. The van der Waals surface area contributed by atoms with Crippen molar-refractivity contribution in [3.63, 3.8) is 0 Å². The first-order chi connectivity index (χ1) is 19.0. The van der Waals surface area contributed by atoms with Gasteiger partial charge in [0.05, 0.1) is 6.61 Å². The number of ether oxygens (including phenoxy) is 2. The Bertz CT molecular complexity index is 1250.